The van der Waals surface area contributed by atoms with Gasteiger partial charge in [-0.1, -0.05) is 23.7 Å². The van der Waals surface area contributed by atoms with Crippen molar-refractivity contribution in [3.63, 3.8) is 0 Å². The summed E-state index contributed by atoms with van der Waals surface area (Å²) in [5.74, 6) is 0.128. The second-order valence-electron chi connectivity index (χ2n) is 4.88. The number of anilines is 1. The Hall–Kier alpha value is -1.32. The van der Waals surface area contributed by atoms with E-state index in [-0.39, 0.29) is 5.91 Å². The first-order valence-electron chi connectivity index (χ1n) is 6.56. The molecule has 106 valence electrons. The van der Waals surface area contributed by atoms with Crippen molar-refractivity contribution in [3.8, 4) is 0 Å². The molecule has 0 aliphatic heterocycles. The van der Waals surface area contributed by atoms with Crippen molar-refractivity contribution in [2.24, 2.45) is 0 Å². The van der Waals surface area contributed by atoms with E-state index in [0.717, 1.165) is 26.9 Å². The molecular formula is C16H18ClNOS. The first-order chi connectivity index (χ1) is 9.49. The van der Waals surface area contributed by atoms with E-state index in [0.29, 0.717) is 6.42 Å². The van der Waals surface area contributed by atoms with Gasteiger partial charge in [-0.3, -0.25) is 4.79 Å². The molecule has 4 heteroatoms. The molecule has 0 bridgehead atoms. The third-order valence-electron chi connectivity index (χ3n) is 3.53. The van der Waals surface area contributed by atoms with Crippen molar-refractivity contribution in [1.29, 1.82) is 0 Å². The van der Waals surface area contributed by atoms with E-state index in [4.69, 9.17) is 11.6 Å². The number of carbonyl (C=O) groups is 1. The fraction of sp³-hybridized carbons (Fsp3) is 0.312. The van der Waals surface area contributed by atoms with Crippen LogP contribution in [0.4, 0.5) is 5.69 Å². The van der Waals surface area contributed by atoms with Gasteiger partial charge in [0.2, 0.25) is 5.91 Å². The standard InChI is InChI=1S/C16H18ClNOS/c1-11-5-4-6-14(12(11)2)18(3)16(19)10-8-13-7-9-15(17)20-13/h4-7,9H,8,10H2,1-3H3. The molecule has 2 aromatic rings. The lowest BCUT2D eigenvalue weighted by atomic mass is 10.1. The molecule has 0 N–H and O–H groups in total. The highest BCUT2D eigenvalue weighted by Crippen LogP contribution is 2.24. The highest BCUT2D eigenvalue weighted by atomic mass is 35.5. The van der Waals surface area contributed by atoms with Gasteiger partial charge < -0.3 is 4.90 Å². The molecule has 0 saturated carbocycles. The van der Waals surface area contributed by atoms with Crippen LogP contribution in [0, 0.1) is 13.8 Å². The lowest BCUT2D eigenvalue weighted by Crippen LogP contribution is -2.27. The lowest BCUT2D eigenvalue weighted by Gasteiger charge is -2.20. The van der Waals surface area contributed by atoms with Gasteiger partial charge in [-0.25, -0.2) is 0 Å². The summed E-state index contributed by atoms with van der Waals surface area (Å²) in [5.41, 5.74) is 3.34. The van der Waals surface area contributed by atoms with Gasteiger partial charge in [0, 0.05) is 24.0 Å². The number of nitrogens with zero attached hydrogens (tertiary/aromatic N) is 1. The lowest BCUT2D eigenvalue weighted by molar-refractivity contribution is -0.118. The molecule has 0 radical (unpaired) electrons. The summed E-state index contributed by atoms with van der Waals surface area (Å²) in [4.78, 5) is 15.2. The summed E-state index contributed by atoms with van der Waals surface area (Å²) in [5, 5.41) is 0. The number of halogens is 1. The molecule has 1 amide bonds. The largest absolute Gasteiger partial charge is 0.315 e. The van der Waals surface area contributed by atoms with Crippen LogP contribution in [0.5, 0.6) is 0 Å². The smallest absolute Gasteiger partial charge is 0.227 e. The zero-order valence-corrected chi connectivity index (χ0v) is 13.5. The Morgan fingerprint density at radius 2 is 2.00 bits per heavy atom. The highest BCUT2D eigenvalue weighted by Gasteiger charge is 2.14. The Morgan fingerprint density at radius 3 is 2.65 bits per heavy atom. The molecule has 1 aromatic carbocycles. The second-order valence-corrected chi connectivity index (χ2v) is 6.68. The fourth-order valence-corrected chi connectivity index (χ4v) is 3.20. The van der Waals surface area contributed by atoms with E-state index in [9.17, 15) is 4.79 Å². The summed E-state index contributed by atoms with van der Waals surface area (Å²) in [6, 6.07) is 9.90. The minimum atomic E-state index is 0.128. The molecule has 0 aliphatic carbocycles. The normalized spacial score (nSPS) is 10.6. The number of hydrogen-bond acceptors (Lipinski definition) is 2. The van der Waals surface area contributed by atoms with Gasteiger partial charge in [0.15, 0.2) is 0 Å². The average Bonchev–Trinajstić information content (AvgIpc) is 2.84. The van der Waals surface area contributed by atoms with E-state index < -0.39 is 0 Å². The highest BCUT2D eigenvalue weighted by molar-refractivity contribution is 7.16. The average molecular weight is 308 g/mol. The molecule has 0 unspecified atom stereocenters. The molecule has 2 nitrogen and oxygen atoms in total. The summed E-state index contributed by atoms with van der Waals surface area (Å²) in [6.07, 6.45) is 1.24. The van der Waals surface area contributed by atoms with E-state index >= 15 is 0 Å². The van der Waals surface area contributed by atoms with Crippen molar-refractivity contribution >= 4 is 34.5 Å². The van der Waals surface area contributed by atoms with Crippen LogP contribution in [0.1, 0.15) is 22.4 Å². The Labute approximate surface area is 129 Å². The first-order valence-corrected chi connectivity index (χ1v) is 7.75. The number of aryl methyl sites for hydroxylation is 2. The van der Waals surface area contributed by atoms with Crippen LogP contribution in [0.3, 0.4) is 0 Å². The van der Waals surface area contributed by atoms with Crippen molar-refractivity contribution in [2.45, 2.75) is 26.7 Å². The third kappa shape index (κ3) is 3.41. The van der Waals surface area contributed by atoms with E-state index in [2.05, 4.69) is 13.0 Å². The third-order valence-corrected chi connectivity index (χ3v) is 4.82. The molecule has 0 fully saturated rings. The summed E-state index contributed by atoms with van der Waals surface area (Å²) in [7, 11) is 1.84. The number of carbonyl (C=O) groups excluding carboxylic acids is 1. The number of hydrogen-bond donors (Lipinski definition) is 0. The second kappa shape index (κ2) is 6.42. The van der Waals surface area contributed by atoms with Gasteiger partial charge in [-0.15, -0.1) is 11.3 Å². The van der Waals surface area contributed by atoms with Crippen molar-refractivity contribution in [1.82, 2.24) is 0 Å². The molecule has 1 heterocycles. The first kappa shape index (κ1) is 15.1. The maximum Gasteiger partial charge on any atom is 0.227 e. The van der Waals surface area contributed by atoms with Crippen LogP contribution >= 0.6 is 22.9 Å². The van der Waals surface area contributed by atoms with Gasteiger partial charge in [-0.05, 0) is 49.6 Å². The van der Waals surface area contributed by atoms with Gasteiger partial charge in [0.1, 0.15) is 0 Å². The molecule has 0 spiro atoms. The van der Waals surface area contributed by atoms with Gasteiger partial charge in [-0.2, -0.15) is 0 Å². The van der Waals surface area contributed by atoms with Crippen LogP contribution in [-0.2, 0) is 11.2 Å². The van der Waals surface area contributed by atoms with Crippen molar-refractivity contribution < 1.29 is 4.79 Å². The SMILES string of the molecule is Cc1cccc(N(C)C(=O)CCc2ccc(Cl)s2)c1C. The van der Waals surface area contributed by atoms with E-state index in [1.165, 1.54) is 16.9 Å². The summed E-state index contributed by atoms with van der Waals surface area (Å²) >= 11 is 7.43. The van der Waals surface area contributed by atoms with E-state index in [1.807, 2.05) is 38.2 Å². The zero-order valence-electron chi connectivity index (χ0n) is 11.9. The molecular weight excluding hydrogens is 290 g/mol. The number of amides is 1. The van der Waals surface area contributed by atoms with Crippen LogP contribution in [-0.4, -0.2) is 13.0 Å². The number of benzene rings is 1. The molecule has 0 atom stereocenters. The zero-order chi connectivity index (χ0) is 14.7. The Morgan fingerprint density at radius 1 is 1.25 bits per heavy atom. The minimum absolute atomic E-state index is 0.128. The van der Waals surface area contributed by atoms with Crippen LogP contribution < -0.4 is 4.90 Å². The maximum absolute atomic E-state index is 12.3. The molecule has 0 aliphatic rings. The molecule has 0 saturated heterocycles. The Kier molecular flexibility index (Phi) is 4.84. The minimum Gasteiger partial charge on any atom is -0.315 e. The summed E-state index contributed by atoms with van der Waals surface area (Å²) < 4.78 is 0.773. The van der Waals surface area contributed by atoms with Crippen LogP contribution in [0.15, 0.2) is 30.3 Å². The number of thiophene rings is 1. The monoisotopic (exact) mass is 307 g/mol. The maximum atomic E-state index is 12.3. The van der Waals surface area contributed by atoms with Crippen molar-refractivity contribution in [3.05, 3.63) is 50.7 Å². The molecule has 2 rings (SSSR count). The Balaban J connectivity index is 2.03. The predicted molar refractivity (Wildman–Crippen MR) is 87.0 cm³/mol. The topological polar surface area (TPSA) is 20.3 Å². The van der Waals surface area contributed by atoms with E-state index in [1.54, 1.807) is 4.90 Å². The van der Waals surface area contributed by atoms with Gasteiger partial charge in [0.05, 0.1) is 4.34 Å². The predicted octanol–water partition coefficient (Wildman–Crippen LogP) is 4.61. The summed E-state index contributed by atoms with van der Waals surface area (Å²) in [6.45, 7) is 4.11. The fourth-order valence-electron chi connectivity index (χ4n) is 2.12. The van der Waals surface area contributed by atoms with Crippen LogP contribution in [0.2, 0.25) is 4.34 Å². The molecule has 1 aromatic heterocycles. The van der Waals surface area contributed by atoms with Gasteiger partial charge in [0.25, 0.3) is 0 Å². The Bertz CT molecular complexity index is 621. The van der Waals surface area contributed by atoms with Crippen LogP contribution in [0.25, 0.3) is 0 Å². The van der Waals surface area contributed by atoms with Crippen molar-refractivity contribution in [2.75, 3.05) is 11.9 Å². The van der Waals surface area contributed by atoms with Gasteiger partial charge >= 0.3 is 0 Å². The number of rotatable bonds is 4. The molecule has 20 heavy (non-hydrogen) atoms. The quantitative estimate of drug-likeness (QED) is 0.807.